The summed E-state index contributed by atoms with van der Waals surface area (Å²) in [5.74, 6) is -1.05. The van der Waals surface area contributed by atoms with Crippen LogP contribution in [0.3, 0.4) is 0 Å². The molecule has 1 atom stereocenters. The van der Waals surface area contributed by atoms with Gasteiger partial charge in [-0.15, -0.1) is 0 Å². The van der Waals surface area contributed by atoms with Gasteiger partial charge < -0.3 is 5.73 Å². The first-order valence-electron chi connectivity index (χ1n) is 8.11. The van der Waals surface area contributed by atoms with Crippen molar-refractivity contribution in [3.63, 3.8) is 0 Å². The highest BCUT2D eigenvalue weighted by atomic mass is 35.5. The van der Waals surface area contributed by atoms with E-state index in [-0.39, 0.29) is 46.9 Å². The van der Waals surface area contributed by atoms with Crippen LogP contribution in [0.1, 0.15) is 35.0 Å². The van der Waals surface area contributed by atoms with Crippen molar-refractivity contribution in [1.82, 2.24) is 14.9 Å². The average Bonchev–Trinajstić information content (AvgIpc) is 2.61. The normalized spacial score (nSPS) is 19.8. The number of benzene rings is 1. The first-order chi connectivity index (χ1) is 12.7. The Morgan fingerprint density at radius 2 is 2.11 bits per heavy atom. The number of nitrogens with zero attached hydrogens (tertiary/aromatic N) is 4. The van der Waals surface area contributed by atoms with Crippen LogP contribution in [0.25, 0.3) is 0 Å². The fourth-order valence-electron chi connectivity index (χ4n) is 2.89. The first kappa shape index (κ1) is 18.9. The van der Waals surface area contributed by atoms with Gasteiger partial charge in [-0.3, -0.25) is 14.5 Å². The van der Waals surface area contributed by atoms with Crippen molar-refractivity contribution in [2.24, 2.45) is 10.7 Å². The standard InChI is InChI=1S/C18H17ClFN5O2/c1-18(7-16(27)25(2)17(21)24-18)11-5-10(3-4-12(11)20)6-14(26)13-8-23-15(19)9-22-13/h3-5,8-9H,6-7H2,1-2H3,(H2,21,24). The number of aromatic nitrogens is 2. The second kappa shape index (κ2) is 7.03. The number of halogens is 2. The second-order valence-corrected chi connectivity index (χ2v) is 6.90. The highest BCUT2D eigenvalue weighted by Gasteiger charge is 2.38. The van der Waals surface area contributed by atoms with Crippen LogP contribution in [0.2, 0.25) is 5.15 Å². The Morgan fingerprint density at radius 1 is 1.37 bits per heavy atom. The van der Waals surface area contributed by atoms with Crippen molar-refractivity contribution in [3.8, 4) is 0 Å². The summed E-state index contributed by atoms with van der Waals surface area (Å²) in [4.78, 5) is 37.8. The predicted octanol–water partition coefficient (Wildman–Crippen LogP) is 2.09. The summed E-state index contributed by atoms with van der Waals surface area (Å²) in [6.45, 7) is 1.64. The van der Waals surface area contributed by atoms with Crippen LogP contribution >= 0.6 is 11.6 Å². The number of guanidine groups is 1. The number of nitrogens with two attached hydrogens (primary N) is 1. The summed E-state index contributed by atoms with van der Waals surface area (Å²) in [7, 11) is 1.51. The molecule has 2 heterocycles. The van der Waals surface area contributed by atoms with Gasteiger partial charge in [0.05, 0.1) is 24.4 Å². The molecule has 0 fully saturated rings. The lowest BCUT2D eigenvalue weighted by Crippen LogP contribution is -2.47. The monoisotopic (exact) mass is 389 g/mol. The third-order valence-corrected chi connectivity index (χ3v) is 4.65. The van der Waals surface area contributed by atoms with Gasteiger partial charge in [-0.05, 0) is 24.6 Å². The molecule has 1 aliphatic rings. The molecule has 0 saturated carbocycles. The van der Waals surface area contributed by atoms with E-state index in [1.54, 1.807) is 6.92 Å². The highest BCUT2D eigenvalue weighted by Crippen LogP contribution is 2.35. The maximum Gasteiger partial charge on any atom is 0.231 e. The molecule has 0 radical (unpaired) electrons. The van der Waals surface area contributed by atoms with E-state index >= 15 is 0 Å². The van der Waals surface area contributed by atoms with Crippen LogP contribution in [0.4, 0.5) is 4.39 Å². The third kappa shape index (κ3) is 3.80. The number of carbonyl (C=O) groups excluding carboxylic acids is 2. The van der Waals surface area contributed by atoms with Gasteiger partial charge in [0.1, 0.15) is 16.7 Å². The number of ketones is 1. The van der Waals surface area contributed by atoms with Gasteiger partial charge in [0, 0.05) is 19.0 Å². The fraction of sp³-hybridized carbons (Fsp3) is 0.278. The molecule has 0 aliphatic carbocycles. The molecular formula is C18H17ClFN5O2. The zero-order chi connectivity index (χ0) is 19.8. The zero-order valence-corrected chi connectivity index (χ0v) is 15.5. The van der Waals surface area contributed by atoms with Gasteiger partial charge in [0.15, 0.2) is 11.7 Å². The van der Waals surface area contributed by atoms with E-state index in [0.717, 1.165) is 0 Å². The highest BCUT2D eigenvalue weighted by molar-refractivity contribution is 6.29. The van der Waals surface area contributed by atoms with E-state index in [1.807, 2.05) is 0 Å². The number of amides is 1. The number of rotatable bonds is 4. The van der Waals surface area contributed by atoms with Gasteiger partial charge >= 0.3 is 0 Å². The van der Waals surface area contributed by atoms with Crippen LogP contribution in [-0.2, 0) is 16.8 Å². The molecule has 1 aliphatic heterocycles. The Hall–Kier alpha value is -2.87. The number of hydrogen-bond donors (Lipinski definition) is 1. The minimum atomic E-state index is -1.14. The van der Waals surface area contributed by atoms with Gasteiger partial charge in [0.2, 0.25) is 5.91 Å². The largest absolute Gasteiger partial charge is 0.369 e. The third-order valence-electron chi connectivity index (χ3n) is 4.46. The maximum absolute atomic E-state index is 14.5. The van der Waals surface area contributed by atoms with E-state index in [9.17, 15) is 14.0 Å². The molecule has 1 amide bonds. The van der Waals surface area contributed by atoms with Crippen LogP contribution in [0.5, 0.6) is 0 Å². The van der Waals surface area contributed by atoms with Crippen LogP contribution in [0.15, 0.2) is 35.6 Å². The van der Waals surface area contributed by atoms with Gasteiger partial charge in [-0.1, -0.05) is 17.7 Å². The molecule has 7 nitrogen and oxygen atoms in total. The molecule has 1 aromatic carbocycles. The molecule has 2 aromatic rings. The molecule has 0 spiro atoms. The molecule has 27 heavy (non-hydrogen) atoms. The van der Waals surface area contributed by atoms with Crippen molar-refractivity contribution in [2.45, 2.75) is 25.3 Å². The number of Topliss-reactive ketones (excluding diaryl/α,β-unsaturated/α-hetero) is 1. The minimum absolute atomic E-state index is 0.00722. The van der Waals surface area contributed by atoms with Crippen molar-refractivity contribution < 1.29 is 14.0 Å². The SMILES string of the molecule is CN1C(=O)CC(C)(c2cc(CC(=O)c3cnc(Cl)cn3)ccc2F)N=C1N. The minimum Gasteiger partial charge on any atom is -0.369 e. The molecular weight excluding hydrogens is 373 g/mol. The van der Waals surface area contributed by atoms with E-state index in [4.69, 9.17) is 17.3 Å². The lowest BCUT2D eigenvalue weighted by Gasteiger charge is -2.34. The summed E-state index contributed by atoms with van der Waals surface area (Å²) in [6, 6.07) is 4.30. The van der Waals surface area contributed by atoms with E-state index in [2.05, 4.69) is 15.0 Å². The van der Waals surface area contributed by atoms with E-state index < -0.39 is 11.4 Å². The maximum atomic E-state index is 14.5. The lowest BCUT2D eigenvalue weighted by molar-refractivity contribution is -0.128. The Bertz CT molecular complexity index is 947. The smallest absolute Gasteiger partial charge is 0.231 e. The van der Waals surface area contributed by atoms with E-state index in [1.165, 1.54) is 42.5 Å². The molecule has 1 unspecified atom stereocenters. The Kier molecular flexibility index (Phi) is 4.93. The molecule has 3 rings (SSSR count). The van der Waals surface area contributed by atoms with Gasteiger partial charge in [-0.2, -0.15) is 0 Å². The lowest BCUT2D eigenvalue weighted by atomic mass is 9.85. The van der Waals surface area contributed by atoms with Gasteiger partial charge in [0.25, 0.3) is 0 Å². The Balaban J connectivity index is 1.92. The zero-order valence-electron chi connectivity index (χ0n) is 14.7. The summed E-state index contributed by atoms with van der Waals surface area (Å²) < 4.78 is 14.5. The summed E-state index contributed by atoms with van der Waals surface area (Å²) in [6.07, 6.45) is 2.54. The van der Waals surface area contributed by atoms with Crippen LogP contribution in [0, 0.1) is 5.82 Å². The summed E-state index contributed by atoms with van der Waals surface area (Å²) >= 11 is 5.67. The molecule has 1 aromatic heterocycles. The number of hydrogen-bond acceptors (Lipinski definition) is 6. The van der Waals surface area contributed by atoms with E-state index in [0.29, 0.717) is 5.56 Å². The topological polar surface area (TPSA) is 102 Å². The summed E-state index contributed by atoms with van der Waals surface area (Å²) in [5.41, 5.74) is 5.58. The van der Waals surface area contributed by atoms with Crippen molar-refractivity contribution in [1.29, 1.82) is 0 Å². The van der Waals surface area contributed by atoms with Crippen molar-refractivity contribution in [2.75, 3.05) is 7.05 Å². The quantitative estimate of drug-likeness (QED) is 0.807. The molecule has 2 N–H and O–H groups in total. The average molecular weight is 390 g/mol. The van der Waals surface area contributed by atoms with Crippen molar-refractivity contribution in [3.05, 3.63) is 58.4 Å². The Labute approximate surface area is 160 Å². The van der Waals surface area contributed by atoms with Gasteiger partial charge in [-0.25, -0.2) is 19.4 Å². The summed E-state index contributed by atoms with van der Waals surface area (Å²) in [5, 5.41) is 0.186. The fourth-order valence-corrected chi connectivity index (χ4v) is 2.99. The second-order valence-electron chi connectivity index (χ2n) is 6.51. The van der Waals surface area contributed by atoms with Crippen molar-refractivity contribution >= 4 is 29.3 Å². The molecule has 0 bridgehead atoms. The molecule has 9 heteroatoms. The predicted molar refractivity (Wildman–Crippen MR) is 97.8 cm³/mol. The first-order valence-corrected chi connectivity index (χ1v) is 8.49. The van der Waals surface area contributed by atoms with Crippen LogP contribution in [-0.4, -0.2) is 39.6 Å². The molecule has 140 valence electrons. The Morgan fingerprint density at radius 3 is 2.74 bits per heavy atom. The van der Waals surface area contributed by atoms with Crippen LogP contribution < -0.4 is 5.73 Å². The molecule has 0 saturated heterocycles. The number of aliphatic imine (C=N–C) groups is 1. The number of carbonyl (C=O) groups is 2.